The molecule has 0 fully saturated rings. The molecule has 3 aromatic rings. The minimum absolute atomic E-state index is 0.0383. The number of hydrogen-bond acceptors (Lipinski definition) is 4. The van der Waals surface area contributed by atoms with Crippen LogP contribution in [-0.2, 0) is 0 Å². The van der Waals surface area contributed by atoms with Crippen molar-refractivity contribution in [2.24, 2.45) is 0 Å². The van der Waals surface area contributed by atoms with Gasteiger partial charge in [-0.05, 0) is 41.1 Å². The van der Waals surface area contributed by atoms with Crippen LogP contribution >= 0.6 is 15.9 Å². The molecule has 0 saturated carbocycles. The second-order valence-corrected chi connectivity index (χ2v) is 5.72. The molecule has 0 aliphatic carbocycles. The number of nitrogens with zero attached hydrogens (tertiary/aromatic N) is 4. The summed E-state index contributed by atoms with van der Waals surface area (Å²) < 4.78 is 2.70. The number of halogens is 1. The lowest BCUT2D eigenvalue weighted by Gasteiger charge is -2.14. The molecule has 0 amide bonds. The first kappa shape index (κ1) is 13.8. The zero-order valence-electron chi connectivity index (χ0n) is 11.4. The third-order valence-corrected chi connectivity index (χ3v) is 3.78. The third-order valence-electron chi connectivity index (χ3n) is 3.32. The van der Waals surface area contributed by atoms with Gasteiger partial charge in [0.1, 0.15) is 0 Å². The summed E-state index contributed by atoms with van der Waals surface area (Å²) in [5, 5.41) is 12.1. The molecule has 0 spiro atoms. The van der Waals surface area contributed by atoms with Crippen LogP contribution in [0.4, 0.5) is 5.69 Å². The molecule has 0 radical (unpaired) electrons. The number of hydrogen-bond donors (Lipinski definition) is 1. The summed E-state index contributed by atoms with van der Waals surface area (Å²) in [6, 6.07) is 15.8. The van der Waals surface area contributed by atoms with E-state index in [0.29, 0.717) is 11.5 Å². The normalized spacial score (nSPS) is 12.3. The van der Waals surface area contributed by atoms with Gasteiger partial charge in [0.2, 0.25) is 0 Å². The summed E-state index contributed by atoms with van der Waals surface area (Å²) in [5.74, 6) is 0.694. The predicted molar refractivity (Wildman–Crippen MR) is 85.6 cm³/mol. The van der Waals surface area contributed by atoms with E-state index in [1.54, 1.807) is 4.68 Å². The zero-order valence-corrected chi connectivity index (χ0v) is 13.0. The van der Waals surface area contributed by atoms with Crippen LogP contribution in [0, 0.1) is 0 Å². The van der Waals surface area contributed by atoms with Crippen molar-refractivity contribution in [3.63, 3.8) is 0 Å². The van der Waals surface area contributed by atoms with Crippen LogP contribution in [0.25, 0.3) is 11.4 Å². The van der Waals surface area contributed by atoms with Gasteiger partial charge in [0.25, 0.3) is 0 Å². The molecule has 3 rings (SSSR count). The first-order valence-electron chi connectivity index (χ1n) is 6.54. The number of rotatable bonds is 3. The highest BCUT2D eigenvalue weighted by Crippen LogP contribution is 2.27. The molecule has 1 atom stereocenters. The number of nitrogens with two attached hydrogens (primary N) is 1. The molecule has 2 aromatic carbocycles. The third kappa shape index (κ3) is 2.80. The van der Waals surface area contributed by atoms with Gasteiger partial charge in [-0.2, -0.15) is 0 Å². The van der Waals surface area contributed by atoms with Gasteiger partial charge in [0, 0.05) is 15.7 Å². The highest BCUT2D eigenvalue weighted by molar-refractivity contribution is 9.10. The van der Waals surface area contributed by atoms with E-state index in [-0.39, 0.29) is 6.04 Å². The second-order valence-electron chi connectivity index (χ2n) is 4.81. The molecule has 2 N–H and O–H groups in total. The van der Waals surface area contributed by atoms with Crippen LogP contribution in [0.15, 0.2) is 53.0 Å². The van der Waals surface area contributed by atoms with Gasteiger partial charge in [-0.15, -0.1) is 5.10 Å². The van der Waals surface area contributed by atoms with E-state index >= 15 is 0 Å². The predicted octanol–water partition coefficient (Wildman–Crippen LogP) is 3.29. The molecule has 0 aliphatic heterocycles. The molecule has 1 aromatic heterocycles. The lowest BCUT2D eigenvalue weighted by atomic mass is 10.1. The van der Waals surface area contributed by atoms with Gasteiger partial charge in [0.15, 0.2) is 5.82 Å². The standard InChI is InChI=1S/C15H14BrN5/c1-10(11-5-3-2-4-6-11)21-15(18-19-20-21)12-7-13(16)9-14(17)8-12/h2-10H,17H2,1H3. The van der Waals surface area contributed by atoms with Crippen LogP contribution in [0.5, 0.6) is 0 Å². The SMILES string of the molecule is CC(c1ccccc1)n1nnnc1-c1cc(N)cc(Br)c1. The van der Waals surface area contributed by atoms with Crippen molar-refractivity contribution in [2.45, 2.75) is 13.0 Å². The molecular weight excluding hydrogens is 330 g/mol. The fourth-order valence-corrected chi connectivity index (χ4v) is 2.77. The summed E-state index contributed by atoms with van der Waals surface area (Å²) in [7, 11) is 0. The Hall–Kier alpha value is -2.21. The Morgan fingerprint density at radius 1 is 1.14 bits per heavy atom. The van der Waals surface area contributed by atoms with E-state index in [0.717, 1.165) is 15.6 Å². The van der Waals surface area contributed by atoms with Crippen molar-refractivity contribution in [2.75, 3.05) is 5.73 Å². The minimum Gasteiger partial charge on any atom is -0.399 e. The topological polar surface area (TPSA) is 69.6 Å². The maximum atomic E-state index is 5.89. The molecule has 21 heavy (non-hydrogen) atoms. The molecular formula is C15H14BrN5. The molecule has 0 saturated heterocycles. The fraction of sp³-hybridized carbons (Fsp3) is 0.133. The zero-order chi connectivity index (χ0) is 14.8. The molecule has 1 unspecified atom stereocenters. The summed E-state index contributed by atoms with van der Waals surface area (Å²) >= 11 is 3.45. The Bertz CT molecular complexity index is 734. The van der Waals surface area contributed by atoms with E-state index in [2.05, 4.69) is 50.5 Å². The summed E-state index contributed by atoms with van der Waals surface area (Å²) in [6.07, 6.45) is 0. The van der Waals surface area contributed by atoms with Crippen LogP contribution in [0.2, 0.25) is 0 Å². The van der Waals surface area contributed by atoms with Crippen LogP contribution < -0.4 is 5.73 Å². The lowest BCUT2D eigenvalue weighted by molar-refractivity contribution is 0.548. The summed E-state index contributed by atoms with van der Waals surface area (Å²) in [4.78, 5) is 0. The molecule has 5 nitrogen and oxygen atoms in total. The first-order chi connectivity index (χ1) is 10.1. The minimum atomic E-state index is 0.0383. The number of benzene rings is 2. The Morgan fingerprint density at radius 2 is 1.90 bits per heavy atom. The van der Waals surface area contributed by atoms with Crippen LogP contribution in [-0.4, -0.2) is 20.2 Å². The first-order valence-corrected chi connectivity index (χ1v) is 7.33. The smallest absolute Gasteiger partial charge is 0.182 e. The van der Waals surface area contributed by atoms with Gasteiger partial charge in [-0.1, -0.05) is 46.3 Å². The quantitative estimate of drug-likeness (QED) is 0.740. The monoisotopic (exact) mass is 343 g/mol. The van der Waals surface area contributed by atoms with Crippen molar-refractivity contribution >= 4 is 21.6 Å². The van der Waals surface area contributed by atoms with Gasteiger partial charge in [-0.3, -0.25) is 0 Å². The van der Waals surface area contributed by atoms with Gasteiger partial charge < -0.3 is 5.73 Å². The van der Waals surface area contributed by atoms with Crippen molar-refractivity contribution < 1.29 is 0 Å². The van der Waals surface area contributed by atoms with Crippen molar-refractivity contribution in [1.82, 2.24) is 20.2 Å². The Balaban J connectivity index is 2.05. The van der Waals surface area contributed by atoms with Gasteiger partial charge >= 0.3 is 0 Å². The average Bonchev–Trinajstić information content (AvgIpc) is 2.96. The van der Waals surface area contributed by atoms with E-state index in [1.165, 1.54) is 0 Å². The molecule has 0 bridgehead atoms. The number of anilines is 1. The fourth-order valence-electron chi connectivity index (χ4n) is 2.26. The maximum Gasteiger partial charge on any atom is 0.182 e. The average molecular weight is 344 g/mol. The number of nitrogen functional groups attached to an aromatic ring is 1. The molecule has 1 heterocycles. The van der Waals surface area contributed by atoms with Crippen molar-refractivity contribution in [3.8, 4) is 11.4 Å². The van der Waals surface area contributed by atoms with E-state index in [4.69, 9.17) is 5.73 Å². The Morgan fingerprint density at radius 3 is 2.62 bits per heavy atom. The maximum absolute atomic E-state index is 5.89. The summed E-state index contributed by atoms with van der Waals surface area (Å²) in [6.45, 7) is 2.07. The van der Waals surface area contributed by atoms with E-state index in [1.807, 2.05) is 36.4 Å². The van der Waals surface area contributed by atoms with Gasteiger partial charge in [-0.25, -0.2) is 4.68 Å². The summed E-state index contributed by atoms with van der Waals surface area (Å²) in [5.41, 5.74) is 8.59. The largest absolute Gasteiger partial charge is 0.399 e. The lowest BCUT2D eigenvalue weighted by Crippen LogP contribution is -2.10. The molecule has 0 aliphatic rings. The Kier molecular flexibility index (Phi) is 3.70. The Labute approximate surface area is 130 Å². The van der Waals surface area contributed by atoms with Gasteiger partial charge in [0.05, 0.1) is 6.04 Å². The van der Waals surface area contributed by atoms with Crippen molar-refractivity contribution in [1.29, 1.82) is 0 Å². The van der Waals surface area contributed by atoms with Crippen molar-refractivity contribution in [3.05, 3.63) is 58.6 Å². The van der Waals surface area contributed by atoms with Crippen LogP contribution in [0.3, 0.4) is 0 Å². The highest BCUT2D eigenvalue weighted by Gasteiger charge is 2.16. The number of aromatic nitrogens is 4. The van der Waals surface area contributed by atoms with E-state index in [9.17, 15) is 0 Å². The molecule has 106 valence electrons. The molecule has 6 heteroatoms. The highest BCUT2D eigenvalue weighted by atomic mass is 79.9. The van der Waals surface area contributed by atoms with Crippen LogP contribution in [0.1, 0.15) is 18.5 Å². The number of tetrazole rings is 1. The van der Waals surface area contributed by atoms with E-state index < -0.39 is 0 Å². The second kappa shape index (κ2) is 5.65.